The predicted molar refractivity (Wildman–Crippen MR) is 103 cm³/mol. The Morgan fingerprint density at radius 3 is 1.55 bits per heavy atom. The number of hydrogen-bond donors (Lipinski definition) is 0. The van der Waals surface area contributed by atoms with Gasteiger partial charge in [-0.1, -0.05) is 6.07 Å². The van der Waals surface area contributed by atoms with Gasteiger partial charge < -0.3 is 14.2 Å². The Bertz CT molecular complexity index is 918. The number of halogens is 1. The molecule has 0 atom stereocenters. The maximum absolute atomic E-state index is 8.49. The van der Waals surface area contributed by atoms with Gasteiger partial charge in [-0.15, -0.1) is 10.2 Å². The maximum Gasteiger partial charge on any atom is 0.211 e. The summed E-state index contributed by atoms with van der Waals surface area (Å²) in [5.74, 6) is 2.60. The van der Waals surface area contributed by atoms with Crippen LogP contribution in [0.25, 0.3) is 16.8 Å². The molecule has 0 N–H and O–H groups in total. The standard InChI is InChI=1S/C22H26NO3.ClHO4/c1-6-25-19-9-8-10-20(26-7-2)22-16(4)23(15(3)21(19)22)17-11-13-18(24-5)14-12-17;2-1(3,4)5/h8-14H,6-7H2,1-5H3;(H,2,3,4,5)/q+1;/p-1. The van der Waals surface area contributed by atoms with Gasteiger partial charge in [0.2, 0.25) is 5.69 Å². The molecule has 0 bridgehead atoms. The lowest BCUT2D eigenvalue weighted by atomic mass is 10.1. The van der Waals surface area contributed by atoms with Gasteiger partial charge in [0.15, 0.2) is 11.4 Å². The predicted octanol–water partition coefficient (Wildman–Crippen LogP) is -0.265. The number of hydrogen-bond acceptors (Lipinski definition) is 7. The molecule has 0 unspecified atom stereocenters. The highest BCUT2D eigenvalue weighted by molar-refractivity contribution is 5.80. The second kappa shape index (κ2) is 10.6. The molecule has 0 amide bonds. The van der Waals surface area contributed by atoms with Crippen LogP contribution in [0.5, 0.6) is 17.2 Å². The fourth-order valence-corrected chi connectivity index (χ4v) is 3.50. The van der Waals surface area contributed by atoms with Crippen LogP contribution < -0.4 is 37.4 Å². The van der Waals surface area contributed by atoms with E-state index in [0.717, 1.165) is 45.5 Å². The third kappa shape index (κ3) is 6.19. The zero-order valence-electron chi connectivity index (χ0n) is 18.1. The third-order valence-electron chi connectivity index (χ3n) is 4.56. The van der Waals surface area contributed by atoms with E-state index >= 15 is 0 Å². The molecule has 1 aliphatic heterocycles. The molecule has 1 heterocycles. The summed E-state index contributed by atoms with van der Waals surface area (Å²) in [6.07, 6.45) is 0. The lowest BCUT2D eigenvalue weighted by molar-refractivity contribution is -2.00. The van der Waals surface area contributed by atoms with Crippen LogP contribution in [0.4, 0.5) is 0 Å². The minimum absolute atomic E-state index is 0.620. The lowest BCUT2D eigenvalue weighted by Crippen LogP contribution is -2.68. The molecule has 1 aromatic carbocycles. The quantitative estimate of drug-likeness (QED) is 0.472. The molecular formula is C22H26ClNO7. The van der Waals surface area contributed by atoms with Gasteiger partial charge in [-0.05, 0) is 38.1 Å². The Kier molecular flexibility index (Phi) is 8.43. The first-order valence-corrected chi connectivity index (χ1v) is 10.9. The van der Waals surface area contributed by atoms with Crippen molar-refractivity contribution in [2.24, 2.45) is 0 Å². The van der Waals surface area contributed by atoms with Gasteiger partial charge in [0.25, 0.3) is 0 Å². The Hall–Kier alpha value is -2.62. The summed E-state index contributed by atoms with van der Waals surface area (Å²) in [6, 6.07) is 14.1. The lowest BCUT2D eigenvalue weighted by Gasteiger charge is -2.17. The first kappa shape index (κ1) is 24.6. The van der Waals surface area contributed by atoms with Crippen LogP contribution in [0, 0.1) is 24.1 Å². The smallest absolute Gasteiger partial charge is 0.211 e. The summed E-state index contributed by atoms with van der Waals surface area (Å²) in [7, 11) is -3.27. The molecule has 0 fully saturated rings. The first-order chi connectivity index (χ1) is 14.6. The zero-order chi connectivity index (χ0) is 23.2. The van der Waals surface area contributed by atoms with Crippen LogP contribution in [0.2, 0.25) is 0 Å². The van der Waals surface area contributed by atoms with E-state index in [4.69, 9.17) is 32.8 Å². The third-order valence-corrected chi connectivity index (χ3v) is 4.56. The molecule has 8 nitrogen and oxygen atoms in total. The van der Waals surface area contributed by atoms with Gasteiger partial charge in [-0.2, -0.15) is 4.57 Å². The summed E-state index contributed by atoms with van der Waals surface area (Å²) < 4.78 is 53.4. The monoisotopic (exact) mass is 451 g/mol. The van der Waals surface area contributed by atoms with Crippen molar-refractivity contribution in [2.75, 3.05) is 20.3 Å². The normalized spacial score (nSPS) is 11.0. The van der Waals surface area contributed by atoms with Gasteiger partial charge in [0.1, 0.15) is 28.4 Å². The van der Waals surface area contributed by atoms with Crippen molar-refractivity contribution in [3.8, 4) is 34.1 Å². The summed E-state index contributed by atoms with van der Waals surface area (Å²) in [6.45, 7) is 9.50. The van der Waals surface area contributed by atoms with E-state index in [-0.39, 0.29) is 0 Å². The molecule has 0 saturated carbocycles. The van der Waals surface area contributed by atoms with E-state index in [2.05, 4.69) is 30.5 Å². The van der Waals surface area contributed by atoms with E-state index in [1.807, 2.05) is 44.2 Å². The molecule has 0 spiro atoms. The molecular weight excluding hydrogens is 426 g/mol. The second-order valence-corrected chi connectivity index (χ2v) is 7.21. The van der Waals surface area contributed by atoms with Crippen molar-refractivity contribution < 1.29 is 47.7 Å². The van der Waals surface area contributed by atoms with Crippen molar-refractivity contribution in [1.29, 1.82) is 0 Å². The van der Waals surface area contributed by atoms with Gasteiger partial charge in [-0.25, -0.2) is 18.6 Å². The number of fused-ring (bicyclic) bond motifs is 1. The number of rotatable bonds is 6. The van der Waals surface area contributed by atoms with Crippen LogP contribution in [-0.4, -0.2) is 20.3 Å². The summed E-state index contributed by atoms with van der Waals surface area (Å²) in [5.41, 5.74) is 5.53. The number of methoxy groups -OCH3 is 1. The largest absolute Gasteiger partial charge is 0.497 e. The van der Waals surface area contributed by atoms with Crippen LogP contribution in [-0.2, 0) is 0 Å². The van der Waals surface area contributed by atoms with E-state index < -0.39 is 10.2 Å². The molecule has 0 radical (unpaired) electrons. The van der Waals surface area contributed by atoms with Crippen LogP contribution in [0.15, 0.2) is 42.5 Å². The van der Waals surface area contributed by atoms with Crippen molar-refractivity contribution in [3.05, 3.63) is 53.9 Å². The fourth-order valence-electron chi connectivity index (χ4n) is 3.50. The molecule has 31 heavy (non-hydrogen) atoms. The van der Waals surface area contributed by atoms with Gasteiger partial charge in [-0.3, -0.25) is 0 Å². The van der Waals surface area contributed by atoms with Crippen molar-refractivity contribution in [3.63, 3.8) is 0 Å². The SMILES string of the molecule is CCOc1cccc(OCC)c2c(C)[n+](-c3ccc(OC)cc3)c(C)c1-2.[O-][Cl+3]([O-])([O-])[O-]. The summed E-state index contributed by atoms with van der Waals surface area (Å²) in [5, 5.41) is 0. The first-order valence-electron chi connectivity index (χ1n) is 9.62. The molecule has 168 valence electrons. The minimum atomic E-state index is -4.94. The number of nitrogens with zero attached hydrogens (tertiary/aromatic N) is 1. The van der Waals surface area contributed by atoms with E-state index in [1.54, 1.807) is 7.11 Å². The second-order valence-electron chi connectivity index (χ2n) is 6.45. The Labute approximate surface area is 183 Å². The Balaban J connectivity index is 0.000000614. The summed E-state index contributed by atoms with van der Waals surface area (Å²) in [4.78, 5) is 0. The molecule has 9 heteroatoms. The van der Waals surface area contributed by atoms with Crippen LogP contribution >= 0.6 is 0 Å². The average molecular weight is 452 g/mol. The molecule has 3 rings (SSSR count). The molecule has 2 aliphatic rings. The Morgan fingerprint density at radius 2 is 1.19 bits per heavy atom. The molecule has 1 aliphatic carbocycles. The maximum atomic E-state index is 8.49. The Morgan fingerprint density at radius 1 is 0.774 bits per heavy atom. The minimum Gasteiger partial charge on any atom is -0.497 e. The van der Waals surface area contributed by atoms with Crippen molar-refractivity contribution in [1.82, 2.24) is 0 Å². The number of aromatic nitrogens is 1. The van der Waals surface area contributed by atoms with Gasteiger partial charge in [0, 0.05) is 26.0 Å². The van der Waals surface area contributed by atoms with Gasteiger partial charge >= 0.3 is 0 Å². The van der Waals surface area contributed by atoms with E-state index in [9.17, 15) is 0 Å². The molecule has 1 aromatic rings. The average Bonchev–Trinajstić information content (AvgIpc) is 2.83. The van der Waals surface area contributed by atoms with Gasteiger partial charge in [0.05, 0.1) is 20.3 Å². The molecule has 0 saturated heterocycles. The zero-order valence-corrected chi connectivity index (χ0v) is 18.9. The van der Waals surface area contributed by atoms with E-state index in [0.29, 0.717) is 13.2 Å². The summed E-state index contributed by atoms with van der Waals surface area (Å²) >= 11 is 0. The fraction of sp³-hybridized carbons (Fsp3) is 0.318. The van der Waals surface area contributed by atoms with Crippen LogP contribution in [0.3, 0.4) is 0 Å². The van der Waals surface area contributed by atoms with E-state index in [1.165, 1.54) is 0 Å². The van der Waals surface area contributed by atoms with Crippen molar-refractivity contribution >= 4 is 0 Å². The molecule has 0 aromatic heterocycles. The highest BCUT2D eigenvalue weighted by Crippen LogP contribution is 2.42. The highest BCUT2D eigenvalue weighted by Gasteiger charge is 2.33. The topological polar surface area (TPSA) is 124 Å². The van der Waals surface area contributed by atoms with Crippen LogP contribution in [0.1, 0.15) is 25.2 Å². The highest BCUT2D eigenvalue weighted by atomic mass is 35.7. The number of benzene rings is 1. The van der Waals surface area contributed by atoms with Crippen molar-refractivity contribution in [2.45, 2.75) is 27.7 Å². The number of ether oxygens (including phenoxy) is 3.